The number of nitrogens with zero attached hydrogens (tertiary/aromatic N) is 2. The second-order valence-electron chi connectivity index (χ2n) is 3.91. The Hall–Kier alpha value is -1.19. The lowest BCUT2D eigenvalue weighted by Gasteiger charge is -2.08. The first-order valence-corrected chi connectivity index (χ1v) is 6.47. The number of ether oxygens (including phenoxy) is 1. The molecule has 0 atom stereocenters. The number of rotatable bonds is 4. The lowest BCUT2D eigenvalue weighted by Crippen LogP contribution is -2.06. The van der Waals surface area contributed by atoms with Gasteiger partial charge in [0.05, 0.1) is 16.4 Å². The maximum Gasteiger partial charge on any atom is 0.131 e. The quantitative estimate of drug-likeness (QED) is 0.845. The van der Waals surface area contributed by atoms with Gasteiger partial charge in [-0.15, -0.1) is 0 Å². The minimum absolute atomic E-state index is 0.383. The molecule has 0 unspecified atom stereocenters. The standard InChI is InChI=1S/C13H14Cl2N2O/c1-3-17-12(13(15)9(2)16-17)8-18-11-6-4-5-10(14)7-11/h4-7H,3,8H2,1-2H3. The van der Waals surface area contributed by atoms with Crippen LogP contribution in [-0.2, 0) is 13.2 Å². The first kappa shape index (κ1) is 13.2. The molecule has 0 amide bonds. The minimum Gasteiger partial charge on any atom is -0.487 e. The second kappa shape index (κ2) is 5.63. The molecule has 0 radical (unpaired) electrons. The molecule has 5 heteroatoms. The maximum absolute atomic E-state index is 6.20. The molecular weight excluding hydrogens is 271 g/mol. The van der Waals surface area contributed by atoms with Gasteiger partial charge in [0.2, 0.25) is 0 Å². The van der Waals surface area contributed by atoms with Crippen LogP contribution < -0.4 is 4.74 Å². The molecule has 0 fully saturated rings. The van der Waals surface area contributed by atoms with Crippen molar-refractivity contribution in [1.82, 2.24) is 9.78 Å². The molecule has 1 heterocycles. The molecule has 0 aliphatic carbocycles. The summed E-state index contributed by atoms with van der Waals surface area (Å²) in [5, 5.41) is 5.65. The van der Waals surface area contributed by atoms with Crippen LogP contribution in [0.4, 0.5) is 0 Å². The molecule has 96 valence electrons. The molecule has 0 bridgehead atoms. The van der Waals surface area contributed by atoms with Crippen LogP contribution in [0.25, 0.3) is 0 Å². The van der Waals surface area contributed by atoms with E-state index in [1.54, 1.807) is 6.07 Å². The number of aromatic nitrogens is 2. The van der Waals surface area contributed by atoms with E-state index in [4.69, 9.17) is 27.9 Å². The van der Waals surface area contributed by atoms with Gasteiger partial charge in [0.25, 0.3) is 0 Å². The van der Waals surface area contributed by atoms with Crippen molar-refractivity contribution >= 4 is 23.2 Å². The largest absolute Gasteiger partial charge is 0.487 e. The van der Waals surface area contributed by atoms with Crippen LogP contribution in [0.15, 0.2) is 24.3 Å². The molecule has 0 saturated carbocycles. The Labute approximate surface area is 116 Å². The van der Waals surface area contributed by atoms with Gasteiger partial charge in [0, 0.05) is 11.6 Å². The van der Waals surface area contributed by atoms with Crippen LogP contribution >= 0.6 is 23.2 Å². The lowest BCUT2D eigenvalue weighted by molar-refractivity contribution is 0.292. The molecule has 0 aliphatic rings. The fourth-order valence-corrected chi connectivity index (χ4v) is 2.09. The van der Waals surface area contributed by atoms with Crippen LogP contribution in [0, 0.1) is 6.92 Å². The molecule has 2 rings (SSSR count). The Bertz CT molecular complexity index is 552. The number of aryl methyl sites for hydroxylation is 2. The van der Waals surface area contributed by atoms with E-state index in [-0.39, 0.29) is 0 Å². The van der Waals surface area contributed by atoms with Crippen LogP contribution in [0.2, 0.25) is 10.0 Å². The minimum atomic E-state index is 0.383. The Kier molecular flexibility index (Phi) is 4.15. The summed E-state index contributed by atoms with van der Waals surface area (Å²) in [6.45, 7) is 5.05. The highest BCUT2D eigenvalue weighted by atomic mass is 35.5. The SMILES string of the molecule is CCn1nc(C)c(Cl)c1COc1cccc(Cl)c1. The smallest absolute Gasteiger partial charge is 0.131 e. The Morgan fingerprint density at radius 3 is 2.78 bits per heavy atom. The first-order valence-electron chi connectivity index (χ1n) is 5.72. The summed E-state index contributed by atoms with van der Waals surface area (Å²) in [5.41, 5.74) is 1.71. The Morgan fingerprint density at radius 1 is 1.33 bits per heavy atom. The third-order valence-corrected chi connectivity index (χ3v) is 3.35. The fourth-order valence-electron chi connectivity index (χ4n) is 1.72. The van der Waals surface area contributed by atoms with Gasteiger partial charge >= 0.3 is 0 Å². The van der Waals surface area contributed by atoms with Gasteiger partial charge in [0.15, 0.2) is 0 Å². The predicted molar refractivity (Wildman–Crippen MR) is 73.4 cm³/mol. The second-order valence-corrected chi connectivity index (χ2v) is 4.72. The van der Waals surface area contributed by atoms with Gasteiger partial charge in [0.1, 0.15) is 12.4 Å². The predicted octanol–water partition coefficient (Wildman–Crippen LogP) is 4.10. The molecule has 0 N–H and O–H groups in total. The summed E-state index contributed by atoms with van der Waals surface area (Å²) in [6.07, 6.45) is 0. The molecule has 1 aromatic heterocycles. The summed E-state index contributed by atoms with van der Waals surface area (Å²) < 4.78 is 7.53. The van der Waals surface area contributed by atoms with Crippen molar-refractivity contribution in [3.63, 3.8) is 0 Å². The maximum atomic E-state index is 6.20. The first-order chi connectivity index (χ1) is 8.61. The van der Waals surface area contributed by atoms with Crippen molar-refractivity contribution in [3.05, 3.63) is 45.7 Å². The highest BCUT2D eigenvalue weighted by molar-refractivity contribution is 6.31. The number of halogens is 2. The highest BCUT2D eigenvalue weighted by Crippen LogP contribution is 2.23. The van der Waals surface area contributed by atoms with E-state index in [0.717, 1.165) is 23.7 Å². The summed E-state index contributed by atoms with van der Waals surface area (Å²) in [5.74, 6) is 0.722. The van der Waals surface area contributed by atoms with E-state index in [0.29, 0.717) is 16.7 Å². The highest BCUT2D eigenvalue weighted by Gasteiger charge is 2.12. The molecule has 3 nitrogen and oxygen atoms in total. The van der Waals surface area contributed by atoms with Crippen LogP contribution in [0.3, 0.4) is 0 Å². The summed E-state index contributed by atoms with van der Waals surface area (Å²) in [7, 11) is 0. The summed E-state index contributed by atoms with van der Waals surface area (Å²) in [4.78, 5) is 0. The third-order valence-electron chi connectivity index (χ3n) is 2.62. The van der Waals surface area contributed by atoms with Crippen molar-refractivity contribution < 1.29 is 4.74 Å². The van der Waals surface area contributed by atoms with Gasteiger partial charge in [-0.05, 0) is 32.0 Å². The fraction of sp³-hybridized carbons (Fsp3) is 0.308. The third kappa shape index (κ3) is 2.79. The van der Waals surface area contributed by atoms with Crippen molar-refractivity contribution in [2.24, 2.45) is 0 Å². The van der Waals surface area contributed by atoms with Gasteiger partial charge in [-0.25, -0.2) is 0 Å². The molecule has 0 spiro atoms. The number of benzene rings is 1. The van der Waals surface area contributed by atoms with Gasteiger partial charge in [-0.1, -0.05) is 29.3 Å². The average molecular weight is 285 g/mol. The Balaban J connectivity index is 2.15. The van der Waals surface area contributed by atoms with Crippen molar-refractivity contribution in [1.29, 1.82) is 0 Å². The molecule has 0 aliphatic heterocycles. The number of hydrogen-bond donors (Lipinski definition) is 0. The topological polar surface area (TPSA) is 27.1 Å². The molecule has 0 saturated heterocycles. The van der Waals surface area contributed by atoms with E-state index in [1.165, 1.54) is 0 Å². The van der Waals surface area contributed by atoms with E-state index >= 15 is 0 Å². The summed E-state index contributed by atoms with van der Waals surface area (Å²) in [6, 6.07) is 7.29. The average Bonchev–Trinajstić information content (AvgIpc) is 2.63. The zero-order valence-electron chi connectivity index (χ0n) is 10.3. The van der Waals surface area contributed by atoms with E-state index < -0.39 is 0 Å². The van der Waals surface area contributed by atoms with Gasteiger partial charge in [-0.3, -0.25) is 4.68 Å². The van der Waals surface area contributed by atoms with Gasteiger partial charge < -0.3 is 4.74 Å². The van der Waals surface area contributed by atoms with Crippen LogP contribution in [0.1, 0.15) is 18.3 Å². The van der Waals surface area contributed by atoms with E-state index in [2.05, 4.69) is 5.10 Å². The number of hydrogen-bond acceptors (Lipinski definition) is 2. The van der Waals surface area contributed by atoms with E-state index in [9.17, 15) is 0 Å². The van der Waals surface area contributed by atoms with E-state index in [1.807, 2.05) is 36.7 Å². The monoisotopic (exact) mass is 284 g/mol. The molecule has 1 aromatic carbocycles. The lowest BCUT2D eigenvalue weighted by atomic mass is 10.3. The van der Waals surface area contributed by atoms with Crippen molar-refractivity contribution in [2.45, 2.75) is 27.0 Å². The van der Waals surface area contributed by atoms with Gasteiger partial charge in [-0.2, -0.15) is 5.10 Å². The normalized spacial score (nSPS) is 10.7. The summed E-state index contributed by atoms with van der Waals surface area (Å²) >= 11 is 12.1. The van der Waals surface area contributed by atoms with Crippen molar-refractivity contribution in [3.8, 4) is 5.75 Å². The molecule has 18 heavy (non-hydrogen) atoms. The zero-order chi connectivity index (χ0) is 13.1. The van der Waals surface area contributed by atoms with Crippen molar-refractivity contribution in [2.75, 3.05) is 0 Å². The molecular formula is C13H14Cl2N2O. The molecule has 2 aromatic rings. The Morgan fingerprint density at radius 2 is 2.11 bits per heavy atom. The zero-order valence-corrected chi connectivity index (χ0v) is 11.8. The van der Waals surface area contributed by atoms with Crippen LogP contribution in [0.5, 0.6) is 5.75 Å². The van der Waals surface area contributed by atoms with Crippen LogP contribution in [-0.4, -0.2) is 9.78 Å².